The van der Waals surface area contributed by atoms with Crippen LogP contribution in [0.15, 0.2) is 67.0 Å². The van der Waals surface area contributed by atoms with Crippen LogP contribution >= 0.6 is 0 Å². The Balaban J connectivity index is 1.76. The summed E-state index contributed by atoms with van der Waals surface area (Å²) in [6, 6.07) is 13.7. The number of aromatic amines is 1. The molecule has 0 fully saturated rings. The number of carboxylic acid groups (broad SMARTS) is 1. The molecule has 0 unspecified atom stereocenters. The molecule has 2 aromatic heterocycles. The number of nitrogens with one attached hydrogen (secondary N) is 1. The summed E-state index contributed by atoms with van der Waals surface area (Å²) in [5, 5.41) is 9.44. The highest BCUT2D eigenvalue weighted by atomic mass is 19.4. The van der Waals surface area contributed by atoms with Crippen molar-refractivity contribution in [3.8, 4) is 39.7 Å². The van der Waals surface area contributed by atoms with Gasteiger partial charge in [-0.3, -0.25) is 4.98 Å². The third-order valence-corrected chi connectivity index (χ3v) is 5.44. The number of hydrogen-bond acceptors (Lipinski definition) is 5. The minimum absolute atomic E-state index is 0.235. The minimum Gasteiger partial charge on any atom is -0.492 e. The van der Waals surface area contributed by atoms with Crippen LogP contribution in [0.1, 0.15) is 15.9 Å². The Morgan fingerprint density at radius 2 is 1.67 bits per heavy atom. The summed E-state index contributed by atoms with van der Waals surface area (Å²) >= 11 is 0. The topological polar surface area (TPSA) is 91.3 Å². The van der Waals surface area contributed by atoms with E-state index in [9.17, 15) is 23.1 Å². The van der Waals surface area contributed by atoms with Crippen molar-refractivity contribution in [3.63, 3.8) is 0 Å². The molecule has 2 heterocycles. The number of rotatable bonds is 8. The van der Waals surface area contributed by atoms with Gasteiger partial charge in [0.25, 0.3) is 0 Å². The van der Waals surface area contributed by atoms with Crippen LogP contribution in [-0.4, -0.2) is 58.2 Å². The third-order valence-electron chi connectivity index (χ3n) is 5.44. The molecule has 10 heteroatoms. The van der Waals surface area contributed by atoms with Crippen LogP contribution < -0.4 is 4.74 Å². The third kappa shape index (κ3) is 5.55. The van der Waals surface area contributed by atoms with Crippen LogP contribution in [0.25, 0.3) is 33.9 Å². The number of aromatic nitrogens is 3. The first-order chi connectivity index (χ1) is 17.1. The molecule has 0 saturated carbocycles. The Bertz CT molecular complexity index is 1350. The Labute approximate surface area is 205 Å². The Hall–Kier alpha value is -4.18. The van der Waals surface area contributed by atoms with Gasteiger partial charge in [-0.2, -0.15) is 13.2 Å². The number of likely N-dealkylation sites (N-methyl/N-ethyl adjacent to an activating group) is 1. The van der Waals surface area contributed by atoms with Crippen LogP contribution in [0.4, 0.5) is 13.2 Å². The van der Waals surface area contributed by atoms with E-state index in [1.54, 1.807) is 36.7 Å². The normalized spacial score (nSPS) is 11.6. The summed E-state index contributed by atoms with van der Waals surface area (Å²) in [5.41, 5.74) is 0.433. The second-order valence-corrected chi connectivity index (χ2v) is 8.28. The van der Waals surface area contributed by atoms with E-state index in [2.05, 4.69) is 15.0 Å². The van der Waals surface area contributed by atoms with Gasteiger partial charge in [-0.1, -0.05) is 6.07 Å². The lowest BCUT2D eigenvalue weighted by molar-refractivity contribution is -0.138. The van der Waals surface area contributed by atoms with Gasteiger partial charge in [0.05, 0.1) is 22.5 Å². The molecule has 0 aliphatic rings. The first-order valence-corrected chi connectivity index (χ1v) is 11.0. The monoisotopic (exact) mass is 496 g/mol. The zero-order chi connectivity index (χ0) is 25.9. The number of nitrogens with zero attached hydrogens (tertiary/aromatic N) is 3. The van der Waals surface area contributed by atoms with Crippen molar-refractivity contribution >= 4 is 5.97 Å². The van der Waals surface area contributed by atoms with Gasteiger partial charge in [0.15, 0.2) is 0 Å². The van der Waals surface area contributed by atoms with Crippen molar-refractivity contribution in [1.29, 1.82) is 0 Å². The number of ether oxygens (including phenoxy) is 1. The highest BCUT2D eigenvalue weighted by Crippen LogP contribution is 2.37. The fourth-order valence-corrected chi connectivity index (χ4v) is 3.62. The molecule has 0 amide bonds. The van der Waals surface area contributed by atoms with Gasteiger partial charge in [-0.25, -0.2) is 9.78 Å². The Kier molecular flexibility index (Phi) is 7.07. The van der Waals surface area contributed by atoms with Gasteiger partial charge >= 0.3 is 12.1 Å². The van der Waals surface area contributed by atoms with Gasteiger partial charge < -0.3 is 19.7 Å². The number of carboxylic acids is 1. The quantitative estimate of drug-likeness (QED) is 0.337. The van der Waals surface area contributed by atoms with Crippen molar-refractivity contribution in [3.05, 3.63) is 78.1 Å². The number of alkyl halides is 3. The fraction of sp³-hybridized carbons (Fsp3) is 0.192. The van der Waals surface area contributed by atoms with E-state index in [1.807, 2.05) is 31.1 Å². The number of hydrogen-bond donors (Lipinski definition) is 2. The predicted octanol–water partition coefficient (Wildman–Crippen LogP) is 5.46. The Morgan fingerprint density at radius 3 is 2.28 bits per heavy atom. The van der Waals surface area contributed by atoms with Crippen LogP contribution in [0.5, 0.6) is 5.75 Å². The number of halogens is 3. The second kappa shape index (κ2) is 10.2. The van der Waals surface area contributed by atoms with Gasteiger partial charge in [0.2, 0.25) is 0 Å². The summed E-state index contributed by atoms with van der Waals surface area (Å²) in [5.74, 6) is -0.515. The van der Waals surface area contributed by atoms with E-state index >= 15 is 0 Å². The van der Waals surface area contributed by atoms with Crippen molar-refractivity contribution in [1.82, 2.24) is 19.9 Å². The van der Waals surface area contributed by atoms with Crippen molar-refractivity contribution in [2.24, 2.45) is 0 Å². The van der Waals surface area contributed by atoms with Crippen molar-refractivity contribution < 1.29 is 27.8 Å². The molecule has 0 aliphatic heterocycles. The minimum atomic E-state index is -4.80. The number of imidazole rings is 1. The summed E-state index contributed by atoms with van der Waals surface area (Å²) in [6.07, 6.45) is -1.64. The smallest absolute Gasteiger partial charge is 0.417 e. The van der Waals surface area contributed by atoms with E-state index in [0.717, 1.165) is 24.2 Å². The van der Waals surface area contributed by atoms with Crippen LogP contribution in [-0.2, 0) is 6.18 Å². The summed E-state index contributed by atoms with van der Waals surface area (Å²) in [7, 11) is 3.91. The second-order valence-electron chi connectivity index (χ2n) is 8.28. The first kappa shape index (κ1) is 24.9. The summed E-state index contributed by atoms with van der Waals surface area (Å²) < 4.78 is 45.8. The molecule has 0 bridgehead atoms. The molecule has 186 valence electrons. The van der Waals surface area contributed by atoms with Crippen LogP contribution in [0.3, 0.4) is 0 Å². The number of pyridine rings is 1. The highest BCUT2D eigenvalue weighted by Gasteiger charge is 2.35. The highest BCUT2D eigenvalue weighted by molar-refractivity contribution is 5.92. The SMILES string of the molecule is CN(C)CCOc1ccc(-c2nc(-c3ccc(C(F)(F)F)c(C(=O)O)c3)c(-c3ccncc3)[nH]2)cc1. The molecular weight excluding hydrogens is 473 g/mol. The number of benzene rings is 2. The zero-order valence-electron chi connectivity index (χ0n) is 19.5. The lowest BCUT2D eigenvalue weighted by atomic mass is 9.99. The lowest BCUT2D eigenvalue weighted by Gasteiger charge is -2.12. The van der Waals surface area contributed by atoms with Gasteiger partial charge in [0.1, 0.15) is 18.2 Å². The van der Waals surface area contributed by atoms with Crippen molar-refractivity contribution in [2.45, 2.75) is 6.18 Å². The average Bonchev–Trinajstić information content (AvgIpc) is 3.29. The largest absolute Gasteiger partial charge is 0.492 e. The molecule has 2 aromatic carbocycles. The standard InChI is InChI=1S/C26H23F3N4O3/c1-33(2)13-14-36-19-6-3-17(4-7-19)24-31-22(16-9-11-30-12-10-16)23(32-24)18-5-8-21(26(27,28)29)20(15-18)25(34)35/h3-12,15H,13-14H2,1-2H3,(H,31,32)(H,34,35). The number of aromatic carboxylic acids is 1. The van der Waals surface area contributed by atoms with E-state index in [4.69, 9.17) is 4.74 Å². The molecule has 0 saturated heterocycles. The summed E-state index contributed by atoms with van der Waals surface area (Å²) in [4.78, 5) is 25.5. The zero-order valence-corrected chi connectivity index (χ0v) is 19.5. The van der Waals surface area contributed by atoms with E-state index in [1.165, 1.54) is 6.07 Å². The maximum atomic E-state index is 13.4. The van der Waals surface area contributed by atoms with Crippen LogP contribution in [0, 0.1) is 0 Å². The molecule has 0 atom stereocenters. The average molecular weight is 496 g/mol. The number of carbonyl (C=O) groups is 1. The molecule has 2 N–H and O–H groups in total. The summed E-state index contributed by atoms with van der Waals surface area (Å²) in [6.45, 7) is 1.30. The molecular formula is C26H23F3N4O3. The van der Waals surface area contributed by atoms with E-state index in [0.29, 0.717) is 35.1 Å². The molecule has 36 heavy (non-hydrogen) atoms. The lowest BCUT2D eigenvalue weighted by Crippen LogP contribution is -2.19. The van der Waals surface area contributed by atoms with E-state index < -0.39 is 23.3 Å². The van der Waals surface area contributed by atoms with Crippen molar-refractivity contribution in [2.75, 3.05) is 27.2 Å². The number of H-pyrrole nitrogens is 1. The first-order valence-electron chi connectivity index (χ1n) is 11.0. The van der Waals surface area contributed by atoms with E-state index in [-0.39, 0.29) is 5.56 Å². The molecule has 0 aliphatic carbocycles. The van der Waals surface area contributed by atoms with Gasteiger partial charge in [-0.05, 0) is 62.6 Å². The maximum Gasteiger partial charge on any atom is 0.417 e. The predicted molar refractivity (Wildman–Crippen MR) is 129 cm³/mol. The molecule has 4 rings (SSSR count). The molecule has 4 aromatic rings. The molecule has 0 spiro atoms. The molecule has 0 radical (unpaired) electrons. The molecule has 7 nitrogen and oxygen atoms in total. The maximum absolute atomic E-state index is 13.4. The van der Waals surface area contributed by atoms with Crippen LogP contribution in [0.2, 0.25) is 0 Å². The van der Waals surface area contributed by atoms with Gasteiger partial charge in [-0.15, -0.1) is 0 Å². The van der Waals surface area contributed by atoms with Gasteiger partial charge in [0, 0.05) is 35.6 Å². The fourth-order valence-electron chi connectivity index (χ4n) is 3.62. The Morgan fingerprint density at radius 1 is 1.00 bits per heavy atom.